The van der Waals surface area contributed by atoms with E-state index in [9.17, 15) is 8.78 Å². The molecule has 1 N–H and O–H groups in total. The second-order valence-electron chi connectivity index (χ2n) is 6.19. The molecule has 0 unspecified atom stereocenters. The second kappa shape index (κ2) is 6.25. The Morgan fingerprint density at radius 3 is 2.14 bits per heavy atom. The molecule has 0 aliphatic heterocycles. The van der Waals surface area contributed by atoms with Gasteiger partial charge in [-0.3, -0.25) is 0 Å². The minimum Gasteiger partial charge on any atom is -0.381 e. The maximum atomic E-state index is 12.5. The van der Waals surface area contributed by atoms with Gasteiger partial charge in [0.2, 0.25) is 0 Å². The van der Waals surface area contributed by atoms with Gasteiger partial charge in [0.15, 0.2) is 0 Å². The Balaban J connectivity index is 2.10. The maximum absolute atomic E-state index is 12.5. The molecule has 0 amide bonds. The summed E-state index contributed by atoms with van der Waals surface area (Å²) in [6.07, 6.45) is -2.41. The summed E-state index contributed by atoms with van der Waals surface area (Å²) < 4.78 is 25.0. The number of nitrogens with one attached hydrogen (secondary N) is 1. The number of para-hydroxylation sites is 1. The first kappa shape index (κ1) is 15.5. The highest BCUT2D eigenvalue weighted by Gasteiger charge is 2.17. The van der Waals surface area contributed by atoms with Gasteiger partial charge >= 0.3 is 0 Å². The van der Waals surface area contributed by atoms with E-state index in [1.807, 2.05) is 18.2 Å². The normalized spacial score (nSPS) is 11.7. The van der Waals surface area contributed by atoms with Crippen molar-refractivity contribution in [3.8, 4) is 0 Å². The van der Waals surface area contributed by atoms with E-state index in [0.29, 0.717) is 6.54 Å². The van der Waals surface area contributed by atoms with E-state index >= 15 is 0 Å². The van der Waals surface area contributed by atoms with Crippen LogP contribution in [0.15, 0.2) is 48.5 Å². The fourth-order valence-electron chi connectivity index (χ4n) is 2.27. The Hall–Kier alpha value is -1.90. The Morgan fingerprint density at radius 1 is 0.952 bits per heavy atom. The van der Waals surface area contributed by atoms with Gasteiger partial charge in [0, 0.05) is 17.8 Å². The van der Waals surface area contributed by atoms with Gasteiger partial charge in [0.1, 0.15) is 0 Å². The summed E-state index contributed by atoms with van der Waals surface area (Å²) in [5.74, 6) is 0. The van der Waals surface area contributed by atoms with Gasteiger partial charge < -0.3 is 5.32 Å². The fraction of sp³-hybridized carbons (Fsp3) is 0.333. The van der Waals surface area contributed by atoms with Crippen LogP contribution in [0.4, 0.5) is 14.5 Å². The molecule has 0 bridgehead atoms. The van der Waals surface area contributed by atoms with E-state index in [-0.39, 0.29) is 11.0 Å². The summed E-state index contributed by atoms with van der Waals surface area (Å²) in [6, 6.07) is 14.6. The van der Waals surface area contributed by atoms with Crippen molar-refractivity contribution in [2.24, 2.45) is 0 Å². The number of benzene rings is 2. The van der Waals surface area contributed by atoms with Gasteiger partial charge in [-0.2, -0.15) is 0 Å². The third-order valence-corrected chi connectivity index (χ3v) is 3.45. The lowest BCUT2D eigenvalue weighted by atomic mass is 9.86. The topological polar surface area (TPSA) is 12.0 Å². The molecule has 2 rings (SSSR count). The molecular weight excluding hydrogens is 268 g/mol. The molecule has 112 valence electrons. The van der Waals surface area contributed by atoms with Crippen molar-refractivity contribution in [3.63, 3.8) is 0 Å². The van der Waals surface area contributed by atoms with Crippen molar-refractivity contribution in [1.29, 1.82) is 0 Å². The first-order valence-corrected chi connectivity index (χ1v) is 7.08. The number of anilines is 1. The zero-order valence-electron chi connectivity index (χ0n) is 12.7. The number of hydrogen-bond donors (Lipinski definition) is 1. The Kier molecular flexibility index (Phi) is 4.61. The Bertz CT molecular complexity index is 583. The van der Waals surface area contributed by atoms with Crippen molar-refractivity contribution in [2.45, 2.75) is 39.2 Å². The average molecular weight is 289 g/mol. The highest BCUT2D eigenvalue weighted by atomic mass is 19.3. The quantitative estimate of drug-likeness (QED) is 0.780. The first-order valence-electron chi connectivity index (χ1n) is 7.08. The summed E-state index contributed by atoms with van der Waals surface area (Å²) in [7, 11) is 0. The molecule has 0 aromatic heterocycles. The van der Waals surface area contributed by atoms with Crippen LogP contribution < -0.4 is 5.32 Å². The summed E-state index contributed by atoms with van der Waals surface area (Å²) in [5.41, 5.74) is 3.44. The predicted octanol–water partition coefficient (Wildman–Crippen LogP) is 5.53. The van der Waals surface area contributed by atoms with E-state index in [2.05, 4.69) is 32.2 Å². The monoisotopic (exact) mass is 289 g/mol. The molecule has 0 atom stereocenters. The van der Waals surface area contributed by atoms with E-state index in [4.69, 9.17) is 0 Å². The van der Waals surface area contributed by atoms with Crippen LogP contribution in [0, 0.1) is 0 Å². The summed E-state index contributed by atoms with van der Waals surface area (Å²) in [5, 5.41) is 3.40. The molecule has 0 heterocycles. The van der Waals surface area contributed by atoms with E-state index in [1.54, 1.807) is 12.1 Å². The maximum Gasteiger partial charge on any atom is 0.263 e. The van der Waals surface area contributed by atoms with Crippen molar-refractivity contribution >= 4 is 5.69 Å². The third kappa shape index (κ3) is 4.03. The minimum atomic E-state index is -2.41. The van der Waals surface area contributed by atoms with E-state index in [0.717, 1.165) is 11.3 Å². The zero-order chi connectivity index (χ0) is 15.5. The van der Waals surface area contributed by atoms with Gasteiger partial charge in [0.05, 0.1) is 0 Å². The zero-order valence-corrected chi connectivity index (χ0v) is 12.7. The van der Waals surface area contributed by atoms with E-state index in [1.165, 1.54) is 17.7 Å². The van der Waals surface area contributed by atoms with Gasteiger partial charge in [-0.05, 0) is 22.6 Å². The molecule has 21 heavy (non-hydrogen) atoms. The van der Waals surface area contributed by atoms with Crippen LogP contribution in [0.2, 0.25) is 0 Å². The Morgan fingerprint density at radius 2 is 1.57 bits per heavy atom. The van der Waals surface area contributed by atoms with Crippen molar-refractivity contribution < 1.29 is 8.78 Å². The highest BCUT2D eigenvalue weighted by molar-refractivity contribution is 5.54. The predicted molar refractivity (Wildman–Crippen MR) is 83.9 cm³/mol. The van der Waals surface area contributed by atoms with Crippen LogP contribution in [-0.4, -0.2) is 0 Å². The highest BCUT2D eigenvalue weighted by Crippen LogP contribution is 2.29. The van der Waals surface area contributed by atoms with Crippen LogP contribution in [0.1, 0.15) is 43.9 Å². The van der Waals surface area contributed by atoms with Crippen LogP contribution >= 0.6 is 0 Å². The van der Waals surface area contributed by atoms with Crippen molar-refractivity contribution in [3.05, 3.63) is 65.2 Å². The molecule has 0 radical (unpaired) electrons. The van der Waals surface area contributed by atoms with Crippen molar-refractivity contribution in [1.82, 2.24) is 0 Å². The molecule has 2 aromatic carbocycles. The van der Waals surface area contributed by atoms with Crippen LogP contribution in [0.25, 0.3) is 0 Å². The number of halogens is 2. The summed E-state index contributed by atoms with van der Waals surface area (Å²) >= 11 is 0. The third-order valence-electron chi connectivity index (χ3n) is 3.45. The molecule has 0 saturated heterocycles. The number of alkyl halides is 2. The summed E-state index contributed by atoms with van der Waals surface area (Å²) in [4.78, 5) is 0. The SMILES string of the molecule is CC(C)(C)c1ccccc1NCc1ccc(C(F)F)cc1. The van der Waals surface area contributed by atoms with Gasteiger partial charge in [-0.25, -0.2) is 8.78 Å². The molecule has 0 spiro atoms. The lowest BCUT2D eigenvalue weighted by Crippen LogP contribution is -2.14. The van der Waals surface area contributed by atoms with Crippen LogP contribution in [-0.2, 0) is 12.0 Å². The molecule has 0 aliphatic rings. The van der Waals surface area contributed by atoms with E-state index < -0.39 is 6.43 Å². The summed E-state index contributed by atoms with van der Waals surface area (Å²) in [6.45, 7) is 7.14. The largest absolute Gasteiger partial charge is 0.381 e. The van der Waals surface area contributed by atoms with Crippen LogP contribution in [0.5, 0.6) is 0 Å². The molecule has 2 aromatic rings. The standard InChI is InChI=1S/C18H21F2N/c1-18(2,3)15-6-4-5-7-16(15)21-12-13-8-10-14(11-9-13)17(19)20/h4-11,17,21H,12H2,1-3H3. The molecule has 0 saturated carbocycles. The van der Waals surface area contributed by atoms with Gasteiger partial charge in [-0.15, -0.1) is 0 Å². The number of rotatable bonds is 4. The number of hydrogen-bond acceptors (Lipinski definition) is 1. The molecule has 0 aliphatic carbocycles. The van der Waals surface area contributed by atoms with Gasteiger partial charge in [-0.1, -0.05) is 63.2 Å². The van der Waals surface area contributed by atoms with Crippen molar-refractivity contribution in [2.75, 3.05) is 5.32 Å². The molecule has 3 heteroatoms. The lowest BCUT2D eigenvalue weighted by Gasteiger charge is -2.23. The van der Waals surface area contributed by atoms with Gasteiger partial charge in [0.25, 0.3) is 6.43 Å². The smallest absolute Gasteiger partial charge is 0.263 e. The molecule has 0 fully saturated rings. The first-order chi connectivity index (χ1) is 9.88. The lowest BCUT2D eigenvalue weighted by molar-refractivity contribution is 0.151. The molecular formula is C18H21F2N. The minimum absolute atomic E-state index is 0.0587. The average Bonchev–Trinajstić information content (AvgIpc) is 2.45. The fourth-order valence-corrected chi connectivity index (χ4v) is 2.27. The molecule has 1 nitrogen and oxygen atoms in total. The van der Waals surface area contributed by atoms with Crippen LogP contribution in [0.3, 0.4) is 0 Å². The second-order valence-corrected chi connectivity index (χ2v) is 6.19. The Labute approximate surface area is 125 Å².